The molecule has 0 unspecified atom stereocenters. The van der Waals surface area contributed by atoms with Crippen molar-refractivity contribution in [3.8, 4) is 23.0 Å². The lowest BCUT2D eigenvalue weighted by Gasteiger charge is -2.26. The van der Waals surface area contributed by atoms with Crippen LogP contribution in [0.15, 0.2) is 48.5 Å². The number of benzene rings is 3. The van der Waals surface area contributed by atoms with E-state index in [9.17, 15) is 33.4 Å². The highest BCUT2D eigenvalue weighted by atomic mass is 35.5. The van der Waals surface area contributed by atoms with E-state index in [0.717, 1.165) is 0 Å². The monoisotopic (exact) mass is 606 g/mol. The lowest BCUT2D eigenvalue weighted by atomic mass is 10.0. The number of rotatable bonds is 8. The zero-order valence-electron chi connectivity index (χ0n) is 22.6. The van der Waals surface area contributed by atoms with Crippen molar-refractivity contribution >= 4 is 30.1 Å². The van der Waals surface area contributed by atoms with Crippen LogP contribution < -0.4 is 20.1 Å². The van der Waals surface area contributed by atoms with Crippen LogP contribution in [0.2, 0.25) is 0 Å². The molecule has 3 aromatic rings. The van der Waals surface area contributed by atoms with Gasteiger partial charge in [-0.2, -0.15) is 0 Å². The lowest BCUT2D eigenvalue weighted by molar-refractivity contribution is 0.0192. The van der Waals surface area contributed by atoms with E-state index in [4.69, 9.17) is 14.2 Å². The second-order valence-electron chi connectivity index (χ2n) is 9.29. The molecule has 0 radical (unpaired) electrons. The van der Waals surface area contributed by atoms with Crippen LogP contribution in [0.4, 0.5) is 8.78 Å². The molecule has 0 saturated carbocycles. The van der Waals surface area contributed by atoms with Gasteiger partial charge in [-0.25, -0.2) is 13.6 Å². The van der Waals surface area contributed by atoms with Crippen molar-refractivity contribution in [3.05, 3.63) is 82.4 Å². The van der Waals surface area contributed by atoms with Crippen LogP contribution in [0.5, 0.6) is 23.0 Å². The topological polar surface area (TPSA) is 143 Å². The molecule has 1 aliphatic heterocycles. The molecule has 4 rings (SSSR count). The number of ether oxygens (including phenoxy) is 3. The number of methoxy groups -OCH3 is 2. The fraction of sp³-hybridized carbons (Fsp3) is 0.276. The summed E-state index contributed by atoms with van der Waals surface area (Å²) in [5, 5.41) is 26.0. The standard InChI is InChI=1S/C29H28F2N2O8.ClH/c1-39-23-10-17(11-24(40-2)27(23)36)28(37)33-20-14-32-9-3-4-22(20)41-29(38)16-7-5-15(6-8-16)26(35)25-19(31)12-18(30)13-21(25)34;/h5-8,10-13,20,22,32,34,36H,3-4,9,14H2,1-2H3,(H,33,37);1H/t20-,22-;/m1./s1. The van der Waals surface area contributed by atoms with E-state index in [2.05, 4.69) is 10.6 Å². The third kappa shape index (κ3) is 7.07. The average molecular weight is 607 g/mol. The molecule has 3 aromatic carbocycles. The van der Waals surface area contributed by atoms with Crippen LogP contribution in [0, 0.1) is 11.6 Å². The number of halogens is 3. The van der Waals surface area contributed by atoms with Gasteiger partial charge in [0.25, 0.3) is 5.91 Å². The van der Waals surface area contributed by atoms with Crippen LogP contribution in [0.25, 0.3) is 0 Å². The van der Waals surface area contributed by atoms with Crippen LogP contribution in [-0.2, 0) is 4.74 Å². The van der Waals surface area contributed by atoms with Crippen molar-refractivity contribution in [1.82, 2.24) is 10.6 Å². The number of hydrogen-bond donors (Lipinski definition) is 4. The third-order valence-corrected chi connectivity index (χ3v) is 6.62. The molecule has 1 aliphatic rings. The summed E-state index contributed by atoms with van der Waals surface area (Å²) >= 11 is 0. The minimum absolute atomic E-state index is 0. The molecular weight excluding hydrogens is 578 g/mol. The van der Waals surface area contributed by atoms with Gasteiger partial charge in [0.05, 0.1) is 25.8 Å². The number of carbonyl (C=O) groups is 3. The number of carbonyl (C=O) groups excluding carboxylic acids is 3. The maximum atomic E-state index is 14.1. The minimum atomic E-state index is -1.21. The van der Waals surface area contributed by atoms with Gasteiger partial charge in [0.2, 0.25) is 5.75 Å². The van der Waals surface area contributed by atoms with Gasteiger partial charge in [-0.1, -0.05) is 12.1 Å². The van der Waals surface area contributed by atoms with E-state index in [1.807, 2.05) is 0 Å². The van der Waals surface area contributed by atoms with E-state index < -0.39 is 52.8 Å². The molecule has 2 atom stereocenters. The summed E-state index contributed by atoms with van der Waals surface area (Å²) in [4.78, 5) is 38.8. The summed E-state index contributed by atoms with van der Waals surface area (Å²) in [5.74, 6) is -5.33. The Labute approximate surface area is 246 Å². The number of phenols is 2. The molecule has 224 valence electrons. The van der Waals surface area contributed by atoms with Gasteiger partial charge in [-0.3, -0.25) is 9.59 Å². The summed E-state index contributed by atoms with van der Waals surface area (Å²) in [7, 11) is 2.68. The molecule has 1 amide bonds. The summed E-state index contributed by atoms with van der Waals surface area (Å²) in [5.41, 5.74) is -0.462. The summed E-state index contributed by atoms with van der Waals surface area (Å²) in [6.45, 7) is 0.959. The van der Waals surface area contributed by atoms with Gasteiger partial charge in [-0.05, 0) is 43.7 Å². The molecule has 13 heteroatoms. The van der Waals surface area contributed by atoms with E-state index >= 15 is 0 Å². The number of aromatic hydroxyl groups is 2. The molecule has 4 N–H and O–H groups in total. The fourth-order valence-electron chi connectivity index (χ4n) is 4.47. The van der Waals surface area contributed by atoms with Crippen molar-refractivity contribution in [1.29, 1.82) is 0 Å². The number of esters is 1. The van der Waals surface area contributed by atoms with E-state index in [1.165, 1.54) is 50.6 Å². The summed E-state index contributed by atoms with van der Waals surface area (Å²) < 4.78 is 43.4. The summed E-state index contributed by atoms with van der Waals surface area (Å²) in [6, 6.07) is 8.39. The van der Waals surface area contributed by atoms with Gasteiger partial charge in [0, 0.05) is 29.8 Å². The Morgan fingerprint density at radius 1 is 0.929 bits per heavy atom. The van der Waals surface area contributed by atoms with E-state index in [1.54, 1.807) is 0 Å². The Bertz CT molecular complexity index is 1420. The van der Waals surface area contributed by atoms with Crippen molar-refractivity contribution in [2.24, 2.45) is 0 Å². The quantitative estimate of drug-likeness (QED) is 0.223. The van der Waals surface area contributed by atoms with Crippen LogP contribution >= 0.6 is 12.4 Å². The molecule has 0 aliphatic carbocycles. The molecule has 10 nitrogen and oxygen atoms in total. The molecular formula is C29H29ClF2N2O8. The normalized spacial score (nSPS) is 16.4. The summed E-state index contributed by atoms with van der Waals surface area (Å²) in [6.07, 6.45) is 0.422. The third-order valence-electron chi connectivity index (χ3n) is 6.62. The molecule has 1 saturated heterocycles. The Morgan fingerprint density at radius 2 is 1.55 bits per heavy atom. The Morgan fingerprint density at radius 3 is 2.14 bits per heavy atom. The largest absolute Gasteiger partial charge is 0.507 e. The highest BCUT2D eigenvalue weighted by Crippen LogP contribution is 2.37. The zero-order valence-corrected chi connectivity index (χ0v) is 23.4. The Hall–Kier alpha value is -4.42. The highest BCUT2D eigenvalue weighted by Gasteiger charge is 2.30. The molecule has 0 bridgehead atoms. The number of phenolic OH excluding ortho intramolecular Hbond substituents is 2. The van der Waals surface area contributed by atoms with Gasteiger partial charge in [-0.15, -0.1) is 12.4 Å². The van der Waals surface area contributed by atoms with Crippen LogP contribution in [-0.4, -0.2) is 67.3 Å². The first-order valence-electron chi connectivity index (χ1n) is 12.6. The van der Waals surface area contributed by atoms with Crippen molar-refractivity contribution in [2.75, 3.05) is 27.3 Å². The van der Waals surface area contributed by atoms with Crippen molar-refractivity contribution in [3.63, 3.8) is 0 Å². The average Bonchev–Trinajstić information content (AvgIpc) is 3.17. The first kappa shape index (κ1) is 32.1. The second kappa shape index (κ2) is 14.0. The number of amides is 1. The Balaban J connectivity index is 0.00000484. The maximum absolute atomic E-state index is 14.1. The molecule has 1 fully saturated rings. The SMILES string of the molecule is COc1cc(C(=O)N[C@@H]2CNCCC[C@H]2OC(=O)c2ccc(C(=O)c3c(O)cc(F)cc3F)cc2)cc(OC)c1O.Cl. The molecule has 42 heavy (non-hydrogen) atoms. The van der Waals surface area contributed by atoms with E-state index in [-0.39, 0.29) is 46.3 Å². The van der Waals surface area contributed by atoms with Gasteiger partial charge >= 0.3 is 5.97 Å². The fourth-order valence-corrected chi connectivity index (χ4v) is 4.47. The first-order valence-corrected chi connectivity index (χ1v) is 12.6. The number of hydrogen-bond acceptors (Lipinski definition) is 9. The lowest BCUT2D eigenvalue weighted by Crippen LogP contribution is -2.49. The smallest absolute Gasteiger partial charge is 0.338 e. The van der Waals surface area contributed by atoms with E-state index in [0.29, 0.717) is 38.1 Å². The molecule has 0 aromatic heterocycles. The maximum Gasteiger partial charge on any atom is 0.338 e. The molecule has 1 heterocycles. The minimum Gasteiger partial charge on any atom is -0.507 e. The van der Waals surface area contributed by atoms with Crippen molar-refractivity contribution < 1.29 is 47.6 Å². The predicted molar refractivity (Wildman–Crippen MR) is 149 cm³/mol. The van der Waals surface area contributed by atoms with Crippen LogP contribution in [0.3, 0.4) is 0 Å². The highest BCUT2D eigenvalue weighted by molar-refractivity contribution is 6.11. The zero-order chi connectivity index (χ0) is 29.7. The molecule has 0 spiro atoms. The van der Waals surface area contributed by atoms with Gasteiger partial charge < -0.3 is 35.1 Å². The van der Waals surface area contributed by atoms with Gasteiger partial charge in [0.15, 0.2) is 17.3 Å². The Kier molecular flexibility index (Phi) is 10.7. The predicted octanol–water partition coefficient (Wildman–Crippen LogP) is 3.75. The van der Waals surface area contributed by atoms with Gasteiger partial charge in [0.1, 0.15) is 29.1 Å². The number of nitrogens with one attached hydrogen (secondary N) is 2. The second-order valence-corrected chi connectivity index (χ2v) is 9.29. The van der Waals surface area contributed by atoms with Crippen molar-refractivity contribution in [2.45, 2.75) is 25.0 Å². The number of ketones is 1. The first-order chi connectivity index (χ1) is 19.6. The van der Waals surface area contributed by atoms with Crippen LogP contribution in [0.1, 0.15) is 49.5 Å².